The summed E-state index contributed by atoms with van der Waals surface area (Å²) < 4.78 is 18.3. The maximum absolute atomic E-state index is 6.11. The van der Waals surface area contributed by atoms with Crippen molar-refractivity contribution in [3.63, 3.8) is 0 Å². The Bertz CT molecular complexity index is 389. The molecule has 0 spiro atoms. The van der Waals surface area contributed by atoms with Gasteiger partial charge in [0, 0.05) is 19.8 Å². The molecule has 0 N–H and O–H groups in total. The highest BCUT2D eigenvalue weighted by Gasteiger charge is 2.28. The lowest BCUT2D eigenvalue weighted by Crippen LogP contribution is -2.32. The Balaban J connectivity index is 4.70. The summed E-state index contributed by atoms with van der Waals surface area (Å²) in [6.45, 7) is 29.7. The summed E-state index contributed by atoms with van der Waals surface area (Å²) in [5.41, 5.74) is 0.825. The minimum Gasteiger partial charge on any atom is -0.386 e. The van der Waals surface area contributed by atoms with Crippen molar-refractivity contribution in [3.8, 4) is 0 Å². The zero-order valence-corrected chi connectivity index (χ0v) is 23.4. The van der Waals surface area contributed by atoms with Crippen LogP contribution in [0.15, 0.2) is 0 Å². The van der Waals surface area contributed by atoms with Gasteiger partial charge in [-0.3, -0.25) is 0 Å². The van der Waals surface area contributed by atoms with Crippen molar-refractivity contribution in [2.75, 3.05) is 19.8 Å². The van der Waals surface area contributed by atoms with Crippen molar-refractivity contribution in [1.29, 1.82) is 0 Å². The molecule has 31 heavy (non-hydrogen) atoms. The van der Waals surface area contributed by atoms with Gasteiger partial charge in [0.2, 0.25) is 0 Å². The SMILES string of the molecule is CC(C)CC(C)(C)CCOB(OCCC(C)(C)CC(C)C)OCCC(C)(C)CC(C)C. The van der Waals surface area contributed by atoms with Crippen LogP contribution in [-0.2, 0) is 14.0 Å². The van der Waals surface area contributed by atoms with Gasteiger partial charge in [-0.2, -0.15) is 0 Å². The molecule has 0 heterocycles. The van der Waals surface area contributed by atoms with Gasteiger partial charge in [-0.15, -0.1) is 0 Å². The molecule has 0 fully saturated rings. The highest BCUT2D eigenvalue weighted by Crippen LogP contribution is 2.31. The summed E-state index contributed by atoms with van der Waals surface area (Å²) in [7, 11) is -0.556. The fourth-order valence-electron chi connectivity index (χ4n) is 5.06. The minimum absolute atomic E-state index is 0.275. The fourth-order valence-corrected chi connectivity index (χ4v) is 5.06. The van der Waals surface area contributed by atoms with Gasteiger partial charge in [0.05, 0.1) is 0 Å². The molecule has 0 aliphatic heterocycles. The molecule has 0 saturated heterocycles. The summed E-state index contributed by atoms with van der Waals surface area (Å²) in [6.07, 6.45) is 6.67. The minimum atomic E-state index is -0.556. The van der Waals surface area contributed by atoms with Crippen LogP contribution in [0.25, 0.3) is 0 Å². The Morgan fingerprint density at radius 3 is 0.903 bits per heavy atom. The third-order valence-electron chi connectivity index (χ3n) is 5.98. The molecule has 0 saturated carbocycles. The molecule has 0 rings (SSSR count). The highest BCUT2D eigenvalue weighted by atomic mass is 16.7. The van der Waals surface area contributed by atoms with Crippen LogP contribution in [0.2, 0.25) is 0 Å². The highest BCUT2D eigenvalue weighted by molar-refractivity contribution is 6.36. The second kappa shape index (κ2) is 14.3. The lowest BCUT2D eigenvalue weighted by molar-refractivity contribution is 0.0607. The van der Waals surface area contributed by atoms with Crippen LogP contribution in [0.1, 0.15) is 122 Å². The van der Waals surface area contributed by atoms with Crippen LogP contribution >= 0.6 is 0 Å². The van der Waals surface area contributed by atoms with Gasteiger partial charge < -0.3 is 14.0 Å². The molecule has 3 nitrogen and oxygen atoms in total. The van der Waals surface area contributed by atoms with Crippen LogP contribution in [-0.4, -0.2) is 27.1 Å². The lowest BCUT2D eigenvalue weighted by Gasteiger charge is -2.29. The average Bonchev–Trinajstić information content (AvgIpc) is 2.49. The largest absolute Gasteiger partial charge is 0.639 e. The normalized spacial score (nSPS) is 13.6. The van der Waals surface area contributed by atoms with E-state index in [1.165, 1.54) is 19.3 Å². The molecule has 0 unspecified atom stereocenters. The van der Waals surface area contributed by atoms with Gasteiger partial charge in [-0.25, -0.2) is 0 Å². The first-order valence-electron chi connectivity index (χ1n) is 12.9. The summed E-state index contributed by atoms with van der Waals surface area (Å²) in [5, 5.41) is 0. The van der Waals surface area contributed by atoms with Crippen molar-refractivity contribution < 1.29 is 14.0 Å². The second-order valence-electron chi connectivity index (χ2n) is 13.4. The van der Waals surface area contributed by atoms with Gasteiger partial charge in [0.15, 0.2) is 0 Å². The molecular formula is C27H57BO3. The Kier molecular flexibility index (Phi) is 14.2. The topological polar surface area (TPSA) is 27.7 Å². The first kappa shape index (κ1) is 30.9. The molecule has 0 aliphatic rings. The number of hydrogen-bond acceptors (Lipinski definition) is 3. The van der Waals surface area contributed by atoms with Crippen molar-refractivity contribution in [2.45, 2.75) is 122 Å². The Hall–Kier alpha value is -0.0551. The van der Waals surface area contributed by atoms with Gasteiger partial charge in [0.25, 0.3) is 0 Å². The van der Waals surface area contributed by atoms with Gasteiger partial charge in [-0.1, -0.05) is 83.1 Å². The van der Waals surface area contributed by atoms with E-state index in [0.29, 0.717) is 37.6 Å². The molecule has 0 bridgehead atoms. The summed E-state index contributed by atoms with van der Waals surface area (Å²) in [4.78, 5) is 0. The van der Waals surface area contributed by atoms with Crippen molar-refractivity contribution in [1.82, 2.24) is 0 Å². The average molecular weight is 441 g/mol. The zero-order valence-electron chi connectivity index (χ0n) is 23.4. The summed E-state index contributed by atoms with van der Waals surface area (Å²) in [6, 6.07) is 0. The van der Waals surface area contributed by atoms with E-state index in [0.717, 1.165) is 19.3 Å². The maximum Gasteiger partial charge on any atom is 0.639 e. The van der Waals surface area contributed by atoms with Crippen LogP contribution in [0.5, 0.6) is 0 Å². The smallest absolute Gasteiger partial charge is 0.386 e. The maximum atomic E-state index is 6.11. The molecule has 0 radical (unpaired) electrons. The Morgan fingerprint density at radius 2 is 0.710 bits per heavy atom. The molecule has 0 aromatic rings. The van der Waals surface area contributed by atoms with Gasteiger partial charge in [-0.05, 0) is 72.5 Å². The van der Waals surface area contributed by atoms with E-state index >= 15 is 0 Å². The number of rotatable bonds is 18. The number of hydrogen-bond donors (Lipinski definition) is 0. The predicted molar refractivity (Wildman–Crippen MR) is 137 cm³/mol. The Labute approximate surface area is 196 Å². The van der Waals surface area contributed by atoms with E-state index in [1.807, 2.05) is 0 Å². The lowest BCUT2D eigenvalue weighted by atomic mass is 9.81. The molecule has 0 aliphatic carbocycles. The van der Waals surface area contributed by atoms with Crippen LogP contribution in [0.4, 0.5) is 0 Å². The van der Waals surface area contributed by atoms with E-state index in [1.54, 1.807) is 0 Å². The monoisotopic (exact) mass is 440 g/mol. The molecule has 186 valence electrons. The summed E-state index contributed by atoms with van der Waals surface area (Å²) >= 11 is 0. The third-order valence-corrected chi connectivity index (χ3v) is 5.98. The van der Waals surface area contributed by atoms with E-state index in [2.05, 4.69) is 83.1 Å². The first-order valence-corrected chi connectivity index (χ1v) is 12.9. The molecule has 0 amide bonds. The molecule has 0 aromatic heterocycles. The molecule has 4 heteroatoms. The predicted octanol–water partition coefficient (Wildman–Crippen LogP) is 8.41. The van der Waals surface area contributed by atoms with Crippen LogP contribution in [0.3, 0.4) is 0 Å². The van der Waals surface area contributed by atoms with Gasteiger partial charge >= 0.3 is 7.32 Å². The Morgan fingerprint density at radius 1 is 0.484 bits per heavy atom. The first-order chi connectivity index (χ1) is 14.0. The third kappa shape index (κ3) is 18.1. The quantitative estimate of drug-likeness (QED) is 0.200. The standard InChI is InChI=1S/C27H57BO3/c1-22(2)19-25(7,8)13-16-29-28(30-17-14-26(9,10)20-23(3)4)31-18-15-27(11,12)21-24(5)6/h22-24H,13-21H2,1-12H3. The van der Waals surface area contributed by atoms with Crippen molar-refractivity contribution >= 4 is 7.32 Å². The van der Waals surface area contributed by atoms with E-state index < -0.39 is 7.32 Å². The van der Waals surface area contributed by atoms with Crippen LogP contribution in [0, 0.1) is 34.0 Å². The van der Waals surface area contributed by atoms with E-state index in [-0.39, 0.29) is 16.2 Å². The molecule has 0 atom stereocenters. The second-order valence-corrected chi connectivity index (χ2v) is 13.4. The van der Waals surface area contributed by atoms with E-state index in [4.69, 9.17) is 14.0 Å². The summed E-state index contributed by atoms with van der Waals surface area (Å²) in [5.74, 6) is 2.10. The molecular weight excluding hydrogens is 383 g/mol. The zero-order chi connectivity index (χ0) is 24.3. The van der Waals surface area contributed by atoms with Crippen LogP contribution < -0.4 is 0 Å². The fraction of sp³-hybridized carbons (Fsp3) is 1.00. The van der Waals surface area contributed by atoms with Crippen molar-refractivity contribution in [2.24, 2.45) is 34.0 Å². The van der Waals surface area contributed by atoms with Gasteiger partial charge in [0.1, 0.15) is 0 Å². The molecule has 0 aromatic carbocycles. The van der Waals surface area contributed by atoms with E-state index in [9.17, 15) is 0 Å². The van der Waals surface area contributed by atoms with Crippen molar-refractivity contribution in [3.05, 3.63) is 0 Å².